The van der Waals surface area contributed by atoms with Crippen molar-refractivity contribution in [3.8, 4) is 23.0 Å². The molecule has 0 fully saturated rings. The third kappa shape index (κ3) is 5.41. The smallest absolute Gasteiger partial charge is 0.246 e. The standard InChI is InChI=1S/C23H23FN2O4/c1-15(23(27)26-17-6-4-5-16(24)13-17)25-18-7-12-21(29-3)22(14-18)30-20-10-8-19(28-2)9-11-20/h4-15,25H,1-3H3,(H,26,27). The van der Waals surface area contributed by atoms with Crippen molar-refractivity contribution in [3.63, 3.8) is 0 Å². The normalized spacial score (nSPS) is 11.3. The van der Waals surface area contributed by atoms with Gasteiger partial charge in [0.15, 0.2) is 11.5 Å². The number of halogens is 1. The summed E-state index contributed by atoms with van der Waals surface area (Å²) in [7, 11) is 3.15. The van der Waals surface area contributed by atoms with E-state index in [1.165, 1.54) is 18.2 Å². The van der Waals surface area contributed by atoms with E-state index in [1.807, 2.05) is 0 Å². The number of carbonyl (C=O) groups excluding carboxylic acids is 1. The van der Waals surface area contributed by atoms with Crippen LogP contribution in [0, 0.1) is 5.82 Å². The Morgan fingerprint density at radius 2 is 1.60 bits per heavy atom. The lowest BCUT2D eigenvalue weighted by atomic mass is 10.2. The molecule has 0 spiro atoms. The summed E-state index contributed by atoms with van der Waals surface area (Å²) in [4.78, 5) is 12.4. The number of hydrogen-bond acceptors (Lipinski definition) is 5. The SMILES string of the molecule is COc1ccc(Oc2cc(NC(C)C(=O)Nc3cccc(F)c3)ccc2OC)cc1. The third-order valence-corrected chi connectivity index (χ3v) is 4.32. The maximum atomic E-state index is 13.3. The van der Waals surface area contributed by atoms with E-state index in [1.54, 1.807) is 69.7 Å². The molecule has 0 aromatic heterocycles. The van der Waals surface area contributed by atoms with Crippen LogP contribution in [0.4, 0.5) is 15.8 Å². The predicted octanol–water partition coefficient (Wildman–Crippen LogP) is 5.07. The maximum Gasteiger partial charge on any atom is 0.246 e. The van der Waals surface area contributed by atoms with Crippen LogP contribution in [0.5, 0.6) is 23.0 Å². The Hall–Kier alpha value is -3.74. The summed E-state index contributed by atoms with van der Waals surface area (Å²) in [6.45, 7) is 1.71. The number of nitrogens with one attached hydrogen (secondary N) is 2. The summed E-state index contributed by atoms with van der Waals surface area (Å²) < 4.78 is 29.7. The molecule has 156 valence electrons. The minimum atomic E-state index is -0.574. The Balaban J connectivity index is 1.70. The number of methoxy groups -OCH3 is 2. The molecule has 3 aromatic rings. The van der Waals surface area contributed by atoms with E-state index in [-0.39, 0.29) is 5.91 Å². The highest BCUT2D eigenvalue weighted by atomic mass is 19.1. The van der Waals surface area contributed by atoms with Crippen molar-refractivity contribution in [2.24, 2.45) is 0 Å². The molecule has 6 nitrogen and oxygen atoms in total. The van der Waals surface area contributed by atoms with Gasteiger partial charge in [0.05, 0.1) is 14.2 Å². The summed E-state index contributed by atoms with van der Waals surface area (Å²) in [5.74, 6) is 1.67. The van der Waals surface area contributed by atoms with Gasteiger partial charge < -0.3 is 24.8 Å². The number of hydrogen-bond donors (Lipinski definition) is 2. The van der Waals surface area contributed by atoms with Crippen LogP contribution in [0.25, 0.3) is 0 Å². The summed E-state index contributed by atoms with van der Waals surface area (Å²) in [5, 5.41) is 5.79. The van der Waals surface area contributed by atoms with Crippen molar-refractivity contribution in [3.05, 3.63) is 72.5 Å². The topological polar surface area (TPSA) is 68.8 Å². The van der Waals surface area contributed by atoms with Gasteiger partial charge in [-0.15, -0.1) is 0 Å². The Morgan fingerprint density at radius 1 is 0.867 bits per heavy atom. The van der Waals surface area contributed by atoms with Crippen LogP contribution in [0.1, 0.15) is 6.92 Å². The van der Waals surface area contributed by atoms with Gasteiger partial charge in [0, 0.05) is 17.4 Å². The van der Waals surface area contributed by atoms with Crippen molar-refractivity contribution in [2.75, 3.05) is 24.9 Å². The van der Waals surface area contributed by atoms with Gasteiger partial charge in [-0.2, -0.15) is 0 Å². The fraction of sp³-hybridized carbons (Fsp3) is 0.174. The molecule has 0 saturated heterocycles. The molecule has 0 aliphatic carbocycles. The number of ether oxygens (including phenoxy) is 3. The van der Waals surface area contributed by atoms with Crippen LogP contribution < -0.4 is 24.8 Å². The van der Waals surface area contributed by atoms with E-state index < -0.39 is 11.9 Å². The Kier molecular flexibility index (Phi) is 6.75. The predicted molar refractivity (Wildman–Crippen MR) is 114 cm³/mol. The molecular formula is C23H23FN2O4. The Morgan fingerprint density at radius 3 is 2.27 bits per heavy atom. The van der Waals surface area contributed by atoms with Gasteiger partial charge in [-0.3, -0.25) is 4.79 Å². The van der Waals surface area contributed by atoms with E-state index in [0.717, 1.165) is 5.75 Å². The number of carbonyl (C=O) groups is 1. The van der Waals surface area contributed by atoms with Crippen LogP contribution in [-0.4, -0.2) is 26.2 Å². The van der Waals surface area contributed by atoms with Crippen molar-refractivity contribution in [1.82, 2.24) is 0 Å². The molecule has 0 aliphatic rings. The van der Waals surface area contributed by atoms with E-state index >= 15 is 0 Å². The highest BCUT2D eigenvalue weighted by molar-refractivity contribution is 5.96. The Labute approximate surface area is 174 Å². The van der Waals surface area contributed by atoms with Gasteiger partial charge in [-0.1, -0.05) is 6.07 Å². The van der Waals surface area contributed by atoms with E-state index in [0.29, 0.717) is 28.6 Å². The van der Waals surface area contributed by atoms with Gasteiger partial charge >= 0.3 is 0 Å². The lowest BCUT2D eigenvalue weighted by Crippen LogP contribution is -2.31. The van der Waals surface area contributed by atoms with Crippen molar-refractivity contribution >= 4 is 17.3 Å². The van der Waals surface area contributed by atoms with Gasteiger partial charge in [-0.25, -0.2) is 4.39 Å². The molecule has 0 aliphatic heterocycles. The van der Waals surface area contributed by atoms with Gasteiger partial charge in [-0.05, 0) is 61.5 Å². The van der Waals surface area contributed by atoms with Crippen LogP contribution in [0.2, 0.25) is 0 Å². The highest BCUT2D eigenvalue weighted by Crippen LogP contribution is 2.34. The van der Waals surface area contributed by atoms with Crippen molar-refractivity contribution < 1.29 is 23.4 Å². The second kappa shape index (κ2) is 9.65. The largest absolute Gasteiger partial charge is 0.497 e. The lowest BCUT2D eigenvalue weighted by Gasteiger charge is -2.17. The molecule has 0 radical (unpaired) electrons. The molecule has 0 heterocycles. The number of benzene rings is 3. The molecule has 0 bridgehead atoms. The molecule has 1 amide bonds. The minimum Gasteiger partial charge on any atom is -0.497 e. The maximum absolute atomic E-state index is 13.3. The summed E-state index contributed by atoms with van der Waals surface area (Å²) >= 11 is 0. The summed E-state index contributed by atoms with van der Waals surface area (Å²) in [6.07, 6.45) is 0. The lowest BCUT2D eigenvalue weighted by molar-refractivity contribution is -0.116. The minimum absolute atomic E-state index is 0.297. The number of anilines is 2. The summed E-state index contributed by atoms with van der Waals surface area (Å²) in [6, 6.07) is 17.6. The molecule has 2 N–H and O–H groups in total. The molecule has 1 unspecified atom stereocenters. The first-order valence-corrected chi connectivity index (χ1v) is 9.31. The average Bonchev–Trinajstić information content (AvgIpc) is 2.74. The van der Waals surface area contributed by atoms with Crippen molar-refractivity contribution in [2.45, 2.75) is 13.0 Å². The van der Waals surface area contributed by atoms with E-state index in [4.69, 9.17) is 14.2 Å². The van der Waals surface area contributed by atoms with Crippen LogP contribution in [0.15, 0.2) is 66.7 Å². The van der Waals surface area contributed by atoms with Gasteiger partial charge in [0.1, 0.15) is 23.4 Å². The number of amides is 1. The Bertz CT molecular complexity index is 1010. The second-order valence-corrected chi connectivity index (χ2v) is 6.51. The zero-order valence-electron chi connectivity index (χ0n) is 16.9. The van der Waals surface area contributed by atoms with Crippen molar-refractivity contribution in [1.29, 1.82) is 0 Å². The van der Waals surface area contributed by atoms with E-state index in [9.17, 15) is 9.18 Å². The molecule has 30 heavy (non-hydrogen) atoms. The van der Waals surface area contributed by atoms with Gasteiger partial charge in [0.2, 0.25) is 5.91 Å². The zero-order chi connectivity index (χ0) is 21.5. The van der Waals surface area contributed by atoms with Crippen LogP contribution in [-0.2, 0) is 4.79 Å². The molecule has 7 heteroatoms. The monoisotopic (exact) mass is 410 g/mol. The molecule has 1 atom stereocenters. The quantitative estimate of drug-likeness (QED) is 0.542. The fourth-order valence-electron chi connectivity index (χ4n) is 2.75. The molecule has 3 rings (SSSR count). The highest BCUT2D eigenvalue weighted by Gasteiger charge is 2.15. The summed E-state index contributed by atoms with van der Waals surface area (Å²) in [5.41, 5.74) is 1.06. The first-order valence-electron chi connectivity index (χ1n) is 9.31. The molecule has 3 aromatic carbocycles. The first kappa shape index (κ1) is 21.0. The van der Waals surface area contributed by atoms with Crippen LogP contribution in [0.3, 0.4) is 0 Å². The molecular weight excluding hydrogens is 387 g/mol. The third-order valence-electron chi connectivity index (χ3n) is 4.32. The molecule has 0 saturated carbocycles. The first-order chi connectivity index (χ1) is 14.5. The van der Waals surface area contributed by atoms with E-state index in [2.05, 4.69) is 10.6 Å². The second-order valence-electron chi connectivity index (χ2n) is 6.51. The van der Waals surface area contributed by atoms with Crippen LogP contribution >= 0.6 is 0 Å². The fourth-order valence-corrected chi connectivity index (χ4v) is 2.75. The average molecular weight is 410 g/mol. The number of rotatable bonds is 8. The zero-order valence-corrected chi connectivity index (χ0v) is 16.9. The van der Waals surface area contributed by atoms with Gasteiger partial charge in [0.25, 0.3) is 0 Å².